The molecule has 0 unspecified atom stereocenters. The van der Waals surface area contributed by atoms with Crippen LogP contribution in [-0.2, 0) is 4.84 Å². The molecule has 0 aliphatic rings. The standard InChI is InChI=1S/C17H15BrCl2N4O4/c18-9-1-2-13(12(19)5-9)22-15-11(17(27)23-28-8-10(26)7-25)6-24-4-3-21-16(24)14(15)20/h1-6,10,22,25-26H,7-8H2,(H,23,27)/t10-/m1/s1. The van der Waals surface area contributed by atoms with Crippen molar-refractivity contribution in [1.82, 2.24) is 14.9 Å². The van der Waals surface area contributed by atoms with Gasteiger partial charge in [-0.3, -0.25) is 9.63 Å². The second-order valence-corrected chi connectivity index (χ2v) is 7.42. The molecule has 3 aromatic rings. The number of hydroxylamine groups is 1. The number of hydrogen-bond acceptors (Lipinski definition) is 6. The van der Waals surface area contributed by atoms with Crippen molar-refractivity contribution in [3.05, 3.63) is 56.9 Å². The molecule has 2 heterocycles. The summed E-state index contributed by atoms with van der Waals surface area (Å²) in [5.74, 6) is -0.613. The molecule has 1 amide bonds. The summed E-state index contributed by atoms with van der Waals surface area (Å²) in [6.45, 7) is -0.762. The summed E-state index contributed by atoms with van der Waals surface area (Å²) in [5.41, 5.74) is 3.65. The lowest BCUT2D eigenvalue weighted by molar-refractivity contribution is -0.0295. The number of hydrogen-bond donors (Lipinski definition) is 4. The quantitative estimate of drug-likeness (QED) is 0.380. The van der Waals surface area contributed by atoms with Crippen LogP contribution in [-0.4, -0.2) is 44.8 Å². The number of aliphatic hydroxyl groups excluding tert-OH is 2. The molecule has 0 saturated heterocycles. The van der Waals surface area contributed by atoms with Crippen LogP contribution in [0.2, 0.25) is 10.0 Å². The van der Waals surface area contributed by atoms with Gasteiger partial charge >= 0.3 is 0 Å². The fraction of sp³-hybridized carbons (Fsp3) is 0.176. The van der Waals surface area contributed by atoms with Crippen LogP contribution in [0.3, 0.4) is 0 Å². The fourth-order valence-electron chi connectivity index (χ4n) is 2.35. The number of anilines is 2. The lowest BCUT2D eigenvalue weighted by atomic mass is 10.2. The molecule has 0 aliphatic carbocycles. The average molecular weight is 490 g/mol. The second-order valence-electron chi connectivity index (χ2n) is 5.72. The van der Waals surface area contributed by atoms with Crippen LogP contribution in [0, 0.1) is 0 Å². The van der Waals surface area contributed by atoms with Crippen molar-refractivity contribution in [2.24, 2.45) is 0 Å². The number of nitrogens with zero attached hydrogens (tertiary/aromatic N) is 2. The molecule has 4 N–H and O–H groups in total. The first-order valence-electron chi connectivity index (χ1n) is 7.99. The molecule has 2 aromatic heterocycles. The van der Waals surface area contributed by atoms with Crippen molar-refractivity contribution in [3.8, 4) is 0 Å². The van der Waals surface area contributed by atoms with Crippen LogP contribution in [0.15, 0.2) is 41.3 Å². The van der Waals surface area contributed by atoms with Crippen LogP contribution in [0.5, 0.6) is 0 Å². The van der Waals surface area contributed by atoms with E-state index in [0.29, 0.717) is 16.4 Å². The van der Waals surface area contributed by atoms with Crippen molar-refractivity contribution in [2.45, 2.75) is 6.10 Å². The average Bonchev–Trinajstić information content (AvgIpc) is 3.14. The van der Waals surface area contributed by atoms with Gasteiger partial charge in [-0.15, -0.1) is 0 Å². The van der Waals surface area contributed by atoms with Crippen molar-refractivity contribution < 1.29 is 19.8 Å². The van der Waals surface area contributed by atoms with Gasteiger partial charge in [0.1, 0.15) is 17.7 Å². The Balaban J connectivity index is 1.96. The van der Waals surface area contributed by atoms with Crippen molar-refractivity contribution in [1.29, 1.82) is 0 Å². The third-order valence-corrected chi connectivity index (χ3v) is 4.87. The van der Waals surface area contributed by atoms with Crippen LogP contribution in [0.1, 0.15) is 10.4 Å². The smallest absolute Gasteiger partial charge is 0.278 e. The first kappa shape index (κ1) is 20.8. The minimum Gasteiger partial charge on any atom is -0.394 e. The number of halogens is 3. The summed E-state index contributed by atoms with van der Waals surface area (Å²) in [7, 11) is 0. The predicted octanol–water partition coefficient (Wildman–Crippen LogP) is 3.16. The van der Waals surface area contributed by atoms with Gasteiger partial charge in [-0.2, -0.15) is 0 Å². The Hall–Kier alpha value is -1.88. The van der Waals surface area contributed by atoms with Gasteiger partial charge < -0.3 is 19.9 Å². The van der Waals surface area contributed by atoms with Crippen molar-refractivity contribution >= 4 is 62.1 Å². The van der Waals surface area contributed by atoms with E-state index in [2.05, 4.69) is 31.7 Å². The van der Waals surface area contributed by atoms with Gasteiger partial charge in [-0.05, 0) is 18.2 Å². The van der Waals surface area contributed by atoms with E-state index in [1.54, 1.807) is 35.0 Å². The van der Waals surface area contributed by atoms with Gasteiger partial charge in [0.05, 0.1) is 28.6 Å². The number of carbonyl (C=O) groups is 1. The van der Waals surface area contributed by atoms with Crippen LogP contribution in [0.4, 0.5) is 11.4 Å². The summed E-state index contributed by atoms with van der Waals surface area (Å²) in [4.78, 5) is 21.8. The molecule has 0 saturated carbocycles. The lowest BCUT2D eigenvalue weighted by Crippen LogP contribution is -2.30. The Bertz CT molecular complexity index is 1010. The molecule has 3 rings (SSSR count). The number of pyridine rings is 1. The second kappa shape index (κ2) is 9.08. The number of imidazole rings is 1. The molecule has 1 atom stereocenters. The van der Waals surface area contributed by atoms with E-state index >= 15 is 0 Å². The maximum Gasteiger partial charge on any atom is 0.278 e. The van der Waals surface area contributed by atoms with Gasteiger partial charge in [-0.1, -0.05) is 39.1 Å². The molecule has 8 nitrogen and oxygen atoms in total. The molecular formula is C17H15BrCl2N4O4. The maximum absolute atomic E-state index is 12.6. The van der Waals surface area contributed by atoms with Gasteiger partial charge in [0.25, 0.3) is 5.91 Å². The Morgan fingerprint density at radius 3 is 2.89 bits per heavy atom. The van der Waals surface area contributed by atoms with E-state index in [0.717, 1.165) is 4.47 Å². The normalized spacial score (nSPS) is 12.2. The highest BCUT2D eigenvalue weighted by Gasteiger charge is 2.20. The molecule has 28 heavy (non-hydrogen) atoms. The maximum atomic E-state index is 12.6. The summed E-state index contributed by atoms with van der Waals surface area (Å²) >= 11 is 16.1. The summed E-state index contributed by atoms with van der Waals surface area (Å²) in [6, 6.07) is 5.22. The third-order valence-electron chi connectivity index (χ3n) is 3.71. The summed E-state index contributed by atoms with van der Waals surface area (Å²) < 4.78 is 2.39. The SMILES string of the molecule is O=C(NOC[C@H](O)CO)c1cn2ccnc2c(Cl)c1Nc1ccc(Br)cc1Cl. The van der Waals surface area contributed by atoms with E-state index in [1.165, 1.54) is 6.20 Å². The Morgan fingerprint density at radius 1 is 1.39 bits per heavy atom. The van der Waals surface area contributed by atoms with Gasteiger partial charge in [0, 0.05) is 23.1 Å². The molecular weight excluding hydrogens is 475 g/mol. The van der Waals surface area contributed by atoms with E-state index in [4.69, 9.17) is 33.1 Å². The number of amides is 1. The zero-order valence-corrected chi connectivity index (χ0v) is 17.3. The van der Waals surface area contributed by atoms with Crippen LogP contribution < -0.4 is 10.8 Å². The molecule has 0 radical (unpaired) electrons. The zero-order valence-electron chi connectivity index (χ0n) is 14.2. The fourth-order valence-corrected chi connectivity index (χ4v) is 3.37. The Morgan fingerprint density at radius 2 is 2.18 bits per heavy atom. The Labute approximate surface area is 178 Å². The highest BCUT2D eigenvalue weighted by atomic mass is 79.9. The van der Waals surface area contributed by atoms with Gasteiger partial charge in [0.2, 0.25) is 0 Å². The number of rotatable bonds is 7. The molecule has 0 fully saturated rings. The number of nitrogens with one attached hydrogen (secondary N) is 2. The lowest BCUT2D eigenvalue weighted by Gasteiger charge is -2.16. The first-order valence-corrected chi connectivity index (χ1v) is 9.54. The molecule has 11 heteroatoms. The van der Waals surface area contributed by atoms with E-state index in [1.807, 2.05) is 0 Å². The van der Waals surface area contributed by atoms with Crippen molar-refractivity contribution in [2.75, 3.05) is 18.5 Å². The van der Waals surface area contributed by atoms with Gasteiger partial charge in [0.15, 0.2) is 5.65 Å². The molecule has 1 aromatic carbocycles. The molecule has 0 bridgehead atoms. The first-order chi connectivity index (χ1) is 13.4. The monoisotopic (exact) mass is 488 g/mol. The zero-order chi connectivity index (χ0) is 20.3. The predicted molar refractivity (Wildman–Crippen MR) is 109 cm³/mol. The van der Waals surface area contributed by atoms with Crippen molar-refractivity contribution in [3.63, 3.8) is 0 Å². The topological polar surface area (TPSA) is 108 Å². The van der Waals surface area contributed by atoms with Crippen LogP contribution in [0.25, 0.3) is 5.65 Å². The summed E-state index contributed by atoms with van der Waals surface area (Å²) in [5, 5.41) is 21.8. The molecule has 0 spiro atoms. The Kier molecular flexibility index (Phi) is 6.76. The minimum absolute atomic E-state index is 0.160. The third kappa shape index (κ3) is 4.57. The largest absolute Gasteiger partial charge is 0.394 e. The number of aromatic nitrogens is 2. The highest BCUT2D eigenvalue weighted by Crippen LogP contribution is 2.35. The number of fused-ring (bicyclic) bond motifs is 1. The van der Waals surface area contributed by atoms with Crippen LogP contribution >= 0.6 is 39.1 Å². The highest BCUT2D eigenvalue weighted by molar-refractivity contribution is 9.10. The minimum atomic E-state index is -1.11. The number of aliphatic hydroxyl groups is 2. The van der Waals surface area contributed by atoms with E-state index < -0.39 is 18.6 Å². The molecule has 0 aliphatic heterocycles. The van der Waals surface area contributed by atoms with Gasteiger partial charge in [-0.25, -0.2) is 10.5 Å². The molecule has 148 valence electrons. The summed E-state index contributed by atoms with van der Waals surface area (Å²) in [6.07, 6.45) is 3.61. The number of benzene rings is 1. The van der Waals surface area contributed by atoms with E-state index in [-0.39, 0.29) is 22.9 Å². The number of carbonyl (C=O) groups excluding carboxylic acids is 1. The van der Waals surface area contributed by atoms with E-state index in [9.17, 15) is 9.90 Å².